The Morgan fingerprint density at radius 1 is 1.00 bits per heavy atom. The predicted octanol–water partition coefficient (Wildman–Crippen LogP) is 4.51. The predicted molar refractivity (Wildman–Crippen MR) is 110 cm³/mol. The van der Waals surface area contributed by atoms with Crippen molar-refractivity contribution in [2.75, 3.05) is 5.32 Å². The number of aryl methyl sites for hydroxylation is 2. The van der Waals surface area contributed by atoms with Gasteiger partial charge in [0.15, 0.2) is 12.4 Å². The minimum atomic E-state index is -0.0490. The zero-order valence-corrected chi connectivity index (χ0v) is 16.1. The van der Waals surface area contributed by atoms with E-state index in [4.69, 9.17) is 4.98 Å². The number of hydrogen-bond donors (Lipinski definition) is 1. The van der Waals surface area contributed by atoms with Crippen molar-refractivity contribution in [2.45, 2.75) is 20.4 Å². The average molecular weight is 374 g/mol. The quantitative estimate of drug-likeness (QED) is 0.534. The molecule has 0 fully saturated rings. The van der Waals surface area contributed by atoms with Gasteiger partial charge in [0, 0.05) is 23.4 Å². The summed E-state index contributed by atoms with van der Waals surface area (Å²) in [5, 5.41) is 3.93. The van der Waals surface area contributed by atoms with Crippen molar-refractivity contribution in [2.24, 2.45) is 0 Å². The third-order valence-corrected chi connectivity index (χ3v) is 5.41. The molecule has 1 amide bonds. The van der Waals surface area contributed by atoms with Crippen molar-refractivity contribution in [3.05, 3.63) is 78.1 Å². The van der Waals surface area contributed by atoms with Gasteiger partial charge < -0.3 is 5.32 Å². The van der Waals surface area contributed by atoms with Crippen LogP contribution in [0.15, 0.2) is 67.0 Å². The van der Waals surface area contributed by atoms with Gasteiger partial charge in [-0.1, -0.05) is 6.07 Å². The first-order valence-electron chi connectivity index (χ1n) is 8.80. The molecule has 0 radical (unpaired) electrons. The normalized spacial score (nSPS) is 10.9. The van der Waals surface area contributed by atoms with Gasteiger partial charge in [-0.15, -0.1) is 11.3 Å². The van der Waals surface area contributed by atoms with E-state index < -0.39 is 0 Å². The largest absolute Gasteiger partial charge is 0.321 e. The third kappa shape index (κ3) is 4.04. The molecule has 0 unspecified atom stereocenters. The number of nitrogens with one attached hydrogen (secondary N) is 1. The number of carbonyl (C=O) groups is 1. The first kappa shape index (κ1) is 17.4. The minimum absolute atomic E-state index is 0.0490. The van der Waals surface area contributed by atoms with Crippen LogP contribution < -0.4 is 9.88 Å². The number of aromatic nitrogens is 2. The molecule has 0 bridgehead atoms. The molecule has 0 aliphatic heterocycles. The monoisotopic (exact) mass is 374 g/mol. The first-order chi connectivity index (χ1) is 13.1. The maximum absolute atomic E-state index is 12.2. The highest BCUT2D eigenvalue weighted by atomic mass is 32.1. The number of carbonyl (C=O) groups excluding carboxylic acids is 1. The Balaban J connectivity index is 1.46. The van der Waals surface area contributed by atoms with E-state index in [1.54, 1.807) is 11.3 Å². The molecule has 2 heterocycles. The fourth-order valence-electron chi connectivity index (χ4n) is 2.86. The lowest BCUT2D eigenvalue weighted by Crippen LogP contribution is -2.39. The lowest BCUT2D eigenvalue weighted by atomic mass is 10.2. The molecule has 4 rings (SSSR count). The Morgan fingerprint density at radius 2 is 1.74 bits per heavy atom. The number of hydrogen-bond acceptors (Lipinski definition) is 3. The molecule has 1 N–H and O–H groups in total. The molecule has 0 aliphatic rings. The van der Waals surface area contributed by atoms with Crippen molar-refractivity contribution >= 4 is 33.1 Å². The number of pyridine rings is 1. The highest BCUT2D eigenvalue weighted by Crippen LogP contribution is 2.31. The summed E-state index contributed by atoms with van der Waals surface area (Å²) >= 11 is 1.69. The van der Waals surface area contributed by atoms with Crippen molar-refractivity contribution < 1.29 is 9.36 Å². The highest BCUT2D eigenvalue weighted by molar-refractivity contribution is 7.21. The van der Waals surface area contributed by atoms with Gasteiger partial charge in [-0.2, -0.15) is 4.57 Å². The number of rotatable bonds is 4. The maximum atomic E-state index is 12.2. The van der Waals surface area contributed by atoms with E-state index in [2.05, 4.69) is 30.4 Å². The summed E-state index contributed by atoms with van der Waals surface area (Å²) in [6.07, 6.45) is 3.82. The number of benzene rings is 2. The van der Waals surface area contributed by atoms with Gasteiger partial charge in [0.1, 0.15) is 5.01 Å². The molecule has 27 heavy (non-hydrogen) atoms. The van der Waals surface area contributed by atoms with Crippen LogP contribution in [0.4, 0.5) is 5.69 Å². The summed E-state index contributed by atoms with van der Waals surface area (Å²) in [5.74, 6) is -0.0490. The van der Waals surface area contributed by atoms with Crippen LogP contribution in [0.2, 0.25) is 0 Å². The summed E-state index contributed by atoms with van der Waals surface area (Å²) < 4.78 is 3.05. The van der Waals surface area contributed by atoms with E-state index in [1.165, 1.54) is 15.8 Å². The smallest absolute Gasteiger partial charge is 0.290 e. The lowest BCUT2D eigenvalue weighted by molar-refractivity contribution is -0.684. The molecule has 4 nitrogen and oxygen atoms in total. The molecule has 0 spiro atoms. The number of nitrogens with zero attached hydrogens (tertiary/aromatic N) is 2. The van der Waals surface area contributed by atoms with Gasteiger partial charge >= 0.3 is 0 Å². The van der Waals surface area contributed by atoms with Gasteiger partial charge in [0.25, 0.3) is 5.91 Å². The van der Waals surface area contributed by atoms with Crippen LogP contribution in [0.3, 0.4) is 0 Å². The molecule has 134 valence electrons. The van der Waals surface area contributed by atoms with Crippen molar-refractivity contribution in [3.63, 3.8) is 0 Å². The standard InChI is InChI=1S/C22H19N3OS/c1-15-9-11-25(12-10-15)14-21(26)23-18-6-4-17(5-7-18)22-24-19-8-3-16(2)13-20(19)27-22/h3-13H,14H2,1-2H3/p+1. The number of anilines is 1. The second kappa shape index (κ2) is 7.29. The summed E-state index contributed by atoms with van der Waals surface area (Å²) in [4.78, 5) is 16.9. The van der Waals surface area contributed by atoms with Crippen LogP contribution in [0.5, 0.6) is 0 Å². The van der Waals surface area contributed by atoms with E-state index in [-0.39, 0.29) is 5.91 Å². The van der Waals surface area contributed by atoms with Gasteiger partial charge in [-0.05, 0) is 61.4 Å². The van der Waals surface area contributed by atoms with E-state index in [1.807, 2.05) is 60.3 Å². The molecule has 2 aromatic heterocycles. The SMILES string of the molecule is Cc1cc[n+](CC(=O)Nc2ccc(-c3nc4ccc(C)cc4s3)cc2)cc1. The number of amides is 1. The summed E-state index contributed by atoms with van der Waals surface area (Å²) in [7, 11) is 0. The van der Waals surface area contributed by atoms with Crippen molar-refractivity contribution in [1.82, 2.24) is 4.98 Å². The van der Waals surface area contributed by atoms with Crippen LogP contribution in [0.25, 0.3) is 20.8 Å². The average Bonchev–Trinajstić information content (AvgIpc) is 3.07. The van der Waals surface area contributed by atoms with Crippen LogP contribution in [-0.2, 0) is 11.3 Å². The molecule has 4 aromatic rings. The Hall–Kier alpha value is -3.05. The highest BCUT2D eigenvalue weighted by Gasteiger charge is 2.10. The zero-order chi connectivity index (χ0) is 18.8. The Morgan fingerprint density at radius 3 is 2.48 bits per heavy atom. The zero-order valence-electron chi connectivity index (χ0n) is 15.3. The van der Waals surface area contributed by atoms with Gasteiger partial charge in [-0.3, -0.25) is 4.79 Å². The van der Waals surface area contributed by atoms with Crippen LogP contribution in [0.1, 0.15) is 11.1 Å². The third-order valence-electron chi connectivity index (χ3n) is 4.34. The molecule has 2 aromatic carbocycles. The van der Waals surface area contributed by atoms with Crippen LogP contribution >= 0.6 is 11.3 Å². The fraction of sp³-hybridized carbons (Fsp3) is 0.136. The lowest BCUT2D eigenvalue weighted by Gasteiger charge is -2.04. The Labute approximate surface area is 162 Å². The van der Waals surface area contributed by atoms with Gasteiger partial charge in [-0.25, -0.2) is 4.98 Å². The van der Waals surface area contributed by atoms with E-state index in [0.717, 1.165) is 21.8 Å². The number of thiazole rings is 1. The number of fused-ring (bicyclic) bond motifs is 1. The van der Waals surface area contributed by atoms with E-state index in [0.29, 0.717) is 6.54 Å². The fourth-order valence-corrected chi connectivity index (χ4v) is 3.92. The van der Waals surface area contributed by atoms with E-state index >= 15 is 0 Å². The molecule has 0 saturated heterocycles. The van der Waals surface area contributed by atoms with Crippen molar-refractivity contribution in [1.29, 1.82) is 0 Å². The molecule has 0 atom stereocenters. The summed E-state index contributed by atoms with van der Waals surface area (Å²) in [5.41, 5.74) is 5.27. The van der Waals surface area contributed by atoms with E-state index in [9.17, 15) is 4.79 Å². The summed E-state index contributed by atoms with van der Waals surface area (Å²) in [6, 6.07) is 18.1. The second-order valence-corrected chi connectivity index (χ2v) is 7.69. The van der Waals surface area contributed by atoms with Crippen LogP contribution in [0, 0.1) is 13.8 Å². The molecule has 0 saturated carbocycles. The minimum Gasteiger partial charge on any atom is -0.321 e. The maximum Gasteiger partial charge on any atom is 0.290 e. The second-order valence-electron chi connectivity index (χ2n) is 6.66. The van der Waals surface area contributed by atoms with Crippen molar-refractivity contribution in [3.8, 4) is 10.6 Å². The molecule has 0 aliphatic carbocycles. The van der Waals surface area contributed by atoms with Gasteiger partial charge in [0.2, 0.25) is 6.54 Å². The molecule has 5 heteroatoms. The first-order valence-corrected chi connectivity index (χ1v) is 9.62. The topological polar surface area (TPSA) is 45.9 Å². The Kier molecular flexibility index (Phi) is 4.69. The van der Waals surface area contributed by atoms with Gasteiger partial charge in [0.05, 0.1) is 10.2 Å². The molecular formula is C22H20N3OS+. The Bertz CT molecular complexity index is 1100. The van der Waals surface area contributed by atoms with Crippen LogP contribution in [-0.4, -0.2) is 10.9 Å². The molecular weight excluding hydrogens is 354 g/mol. The summed E-state index contributed by atoms with van der Waals surface area (Å²) in [6.45, 7) is 4.41.